The van der Waals surface area contributed by atoms with Crippen molar-refractivity contribution in [3.05, 3.63) is 29.8 Å². The van der Waals surface area contributed by atoms with Crippen LogP contribution in [0.1, 0.15) is 38.8 Å². The molecule has 1 aromatic rings. The molecule has 2 rings (SSSR count). The molecule has 0 spiro atoms. The van der Waals surface area contributed by atoms with Gasteiger partial charge in [0, 0.05) is 12.6 Å². The second-order valence-corrected chi connectivity index (χ2v) is 8.67. The Morgan fingerprint density at radius 3 is 2.62 bits per heavy atom. The number of sulfone groups is 1. The second-order valence-electron chi connectivity index (χ2n) is 6.59. The quantitative estimate of drug-likeness (QED) is 0.905. The molecule has 0 amide bonds. The highest BCUT2D eigenvalue weighted by atomic mass is 32.2. The number of hydrogen-bond donors (Lipinski definition) is 1. The molecule has 1 aliphatic rings. The molecule has 0 radical (unpaired) electrons. The molecule has 1 heterocycles. The van der Waals surface area contributed by atoms with Gasteiger partial charge in [0.2, 0.25) is 0 Å². The molecule has 5 heteroatoms. The Kier molecular flexibility index (Phi) is 4.76. The first kappa shape index (κ1) is 16.5. The van der Waals surface area contributed by atoms with Crippen LogP contribution < -0.4 is 5.73 Å². The van der Waals surface area contributed by atoms with Crippen molar-refractivity contribution in [1.29, 1.82) is 0 Å². The van der Waals surface area contributed by atoms with Crippen molar-refractivity contribution in [2.45, 2.75) is 38.1 Å². The van der Waals surface area contributed by atoms with Crippen LogP contribution in [0.25, 0.3) is 0 Å². The zero-order valence-electron chi connectivity index (χ0n) is 13.2. The molecule has 1 atom stereocenters. The molecule has 4 nitrogen and oxygen atoms in total. The number of benzene rings is 1. The van der Waals surface area contributed by atoms with Crippen molar-refractivity contribution in [3.8, 4) is 0 Å². The van der Waals surface area contributed by atoms with Gasteiger partial charge in [-0.1, -0.05) is 39.0 Å². The van der Waals surface area contributed by atoms with Crippen LogP contribution in [0.15, 0.2) is 29.2 Å². The van der Waals surface area contributed by atoms with Gasteiger partial charge in [0.05, 0.1) is 10.6 Å². The van der Waals surface area contributed by atoms with Gasteiger partial charge in [0.15, 0.2) is 9.84 Å². The zero-order chi connectivity index (χ0) is 15.7. The van der Waals surface area contributed by atoms with E-state index >= 15 is 0 Å². The third kappa shape index (κ3) is 3.47. The molecule has 1 unspecified atom stereocenters. The van der Waals surface area contributed by atoms with Gasteiger partial charge in [-0.25, -0.2) is 8.42 Å². The van der Waals surface area contributed by atoms with E-state index in [1.165, 1.54) is 0 Å². The summed E-state index contributed by atoms with van der Waals surface area (Å²) in [6.45, 7) is 8.82. The van der Waals surface area contributed by atoms with E-state index in [2.05, 4.69) is 25.7 Å². The summed E-state index contributed by atoms with van der Waals surface area (Å²) in [4.78, 5) is 2.87. The summed E-state index contributed by atoms with van der Waals surface area (Å²) in [5, 5.41) is 0. The first-order chi connectivity index (χ1) is 9.80. The van der Waals surface area contributed by atoms with E-state index < -0.39 is 9.84 Å². The Bertz CT molecular complexity index is 596. The lowest BCUT2D eigenvalue weighted by Gasteiger charge is -2.39. The van der Waals surface area contributed by atoms with Crippen LogP contribution >= 0.6 is 0 Å². The monoisotopic (exact) mass is 310 g/mol. The number of nitrogens with zero attached hydrogens (tertiary/aromatic N) is 1. The predicted molar refractivity (Wildman–Crippen MR) is 85.9 cm³/mol. The van der Waals surface area contributed by atoms with Gasteiger partial charge < -0.3 is 5.73 Å². The molecule has 21 heavy (non-hydrogen) atoms. The van der Waals surface area contributed by atoms with Crippen molar-refractivity contribution in [3.63, 3.8) is 0 Å². The maximum absolute atomic E-state index is 12.2. The summed E-state index contributed by atoms with van der Waals surface area (Å²) >= 11 is 0. The van der Waals surface area contributed by atoms with E-state index in [-0.39, 0.29) is 17.2 Å². The predicted octanol–water partition coefficient (Wildman–Crippen LogP) is 2.21. The van der Waals surface area contributed by atoms with Gasteiger partial charge in [0.1, 0.15) is 0 Å². The molecule has 0 aliphatic carbocycles. The van der Waals surface area contributed by atoms with Crippen LogP contribution in [0, 0.1) is 5.41 Å². The molecule has 118 valence electrons. The Morgan fingerprint density at radius 1 is 1.33 bits per heavy atom. The van der Waals surface area contributed by atoms with Gasteiger partial charge in [-0.2, -0.15) is 0 Å². The van der Waals surface area contributed by atoms with Crippen LogP contribution in [0.2, 0.25) is 0 Å². The molecular formula is C16H26N2O2S. The SMILES string of the molecule is CCN(CC(C)(C)CN)C1CCS(=O)(=O)c2ccccc21. The van der Waals surface area contributed by atoms with Crippen molar-refractivity contribution in [1.82, 2.24) is 4.90 Å². The van der Waals surface area contributed by atoms with E-state index in [9.17, 15) is 8.42 Å². The third-order valence-electron chi connectivity index (χ3n) is 4.30. The summed E-state index contributed by atoms with van der Waals surface area (Å²) < 4.78 is 24.5. The lowest BCUT2D eigenvalue weighted by molar-refractivity contribution is 0.133. The number of hydrogen-bond acceptors (Lipinski definition) is 4. The summed E-state index contributed by atoms with van der Waals surface area (Å²) in [6.07, 6.45) is 0.661. The Labute approximate surface area is 128 Å². The largest absolute Gasteiger partial charge is 0.330 e. The maximum atomic E-state index is 12.2. The highest BCUT2D eigenvalue weighted by Gasteiger charge is 2.34. The topological polar surface area (TPSA) is 63.4 Å². The molecule has 0 saturated heterocycles. The molecule has 1 aliphatic heterocycles. The lowest BCUT2D eigenvalue weighted by atomic mass is 9.91. The van der Waals surface area contributed by atoms with Crippen molar-refractivity contribution < 1.29 is 8.42 Å². The van der Waals surface area contributed by atoms with Crippen LogP contribution in [-0.2, 0) is 9.84 Å². The fourth-order valence-corrected chi connectivity index (χ4v) is 4.61. The molecular weight excluding hydrogens is 284 g/mol. The molecule has 2 N–H and O–H groups in total. The minimum absolute atomic E-state index is 0.0290. The Balaban J connectivity index is 2.36. The van der Waals surface area contributed by atoms with Gasteiger partial charge >= 0.3 is 0 Å². The van der Waals surface area contributed by atoms with E-state index in [0.717, 1.165) is 18.7 Å². The van der Waals surface area contributed by atoms with Gasteiger partial charge in [-0.3, -0.25) is 4.90 Å². The Hall–Kier alpha value is -0.910. The van der Waals surface area contributed by atoms with Crippen LogP contribution in [-0.4, -0.2) is 38.7 Å². The summed E-state index contributed by atoms with van der Waals surface area (Å²) in [5.41, 5.74) is 6.83. The number of nitrogens with two attached hydrogens (primary N) is 1. The number of rotatable bonds is 5. The van der Waals surface area contributed by atoms with Gasteiger partial charge in [-0.15, -0.1) is 0 Å². The minimum atomic E-state index is -3.12. The summed E-state index contributed by atoms with van der Waals surface area (Å²) in [5.74, 6) is 0.230. The molecule has 0 bridgehead atoms. The van der Waals surface area contributed by atoms with Crippen LogP contribution in [0.3, 0.4) is 0 Å². The lowest BCUT2D eigenvalue weighted by Crippen LogP contribution is -2.42. The fraction of sp³-hybridized carbons (Fsp3) is 0.625. The molecule has 0 fully saturated rings. The van der Waals surface area contributed by atoms with Crippen LogP contribution in [0.4, 0.5) is 0 Å². The highest BCUT2D eigenvalue weighted by molar-refractivity contribution is 7.91. The van der Waals surface area contributed by atoms with E-state index in [4.69, 9.17) is 5.73 Å². The highest BCUT2D eigenvalue weighted by Crippen LogP contribution is 2.37. The second kappa shape index (κ2) is 6.07. The molecule has 0 saturated carbocycles. The van der Waals surface area contributed by atoms with E-state index in [1.807, 2.05) is 12.1 Å². The third-order valence-corrected chi connectivity index (χ3v) is 6.12. The maximum Gasteiger partial charge on any atom is 0.178 e. The molecule has 0 aromatic heterocycles. The van der Waals surface area contributed by atoms with Gasteiger partial charge in [0.25, 0.3) is 0 Å². The average Bonchev–Trinajstić information content (AvgIpc) is 2.46. The molecule has 1 aromatic carbocycles. The minimum Gasteiger partial charge on any atom is -0.330 e. The standard InChI is InChI=1S/C16H26N2O2S/c1-4-18(12-16(2,3)11-17)14-9-10-21(19,20)15-8-6-5-7-13(14)15/h5-8,14H,4,9-12,17H2,1-3H3. The normalized spacial score (nSPS) is 21.3. The van der Waals surface area contributed by atoms with Gasteiger partial charge in [-0.05, 0) is 36.6 Å². The van der Waals surface area contributed by atoms with E-state index in [0.29, 0.717) is 17.9 Å². The smallest absolute Gasteiger partial charge is 0.178 e. The fourth-order valence-electron chi connectivity index (χ4n) is 3.01. The average molecular weight is 310 g/mol. The summed E-state index contributed by atoms with van der Waals surface area (Å²) in [6, 6.07) is 7.58. The Morgan fingerprint density at radius 2 is 2.00 bits per heavy atom. The zero-order valence-corrected chi connectivity index (χ0v) is 14.0. The first-order valence-electron chi connectivity index (χ1n) is 7.56. The summed E-state index contributed by atoms with van der Waals surface area (Å²) in [7, 11) is -3.12. The van der Waals surface area contributed by atoms with Crippen LogP contribution in [0.5, 0.6) is 0 Å². The van der Waals surface area contributed by atoms with E-state index in [1.54, 1.807) is 12.1 Å². The van der Waals surface area contributed by atoms with Crippen molar-refractivity contribution in [2.75, 3.05) is 25.4 Å². The number of fused-ring (bicyclic) bond motifs is 1. The first-order valence-corrected chi connectivity index (χ1v) is 9.22. The van der Waals surface area contributed by atoms with Crippen molar-refractivity contribution in [2.24, 2.45) is 11.1 Å². The van der Waals surface area contributed by atoms with Crippen molar-refractivity contribution >= 4 is 9.84 Å².